The smallest absolute Gasteiger partial charge is 0.254 e. The fourth-order valence-corrected chi connectivity index (χ4v) is 1.60. The maximum absolute atomic E-state index is 11.6. The van der Waals surface area contributed by atoms with E-state index in [1.165, 1.54) is 6.33 Å². The van der Waals surface area contributed by atoms with Gasteiger partial charge in [0.2, 0.25) is 5.91 Å². The Morgan fingerprint density at radius 3 is 3.00 bits per heavy atom. The molecule has 18 heavy (non-hydrogen) atoms. The maximum atomic E-state index is 11.6. The quantitative estimate of drug-likeness (QED) is 0.816. The lowest BCUT2D eigenvalue weighted by atomic mass is 10.4. The molecule has 0 radical (unpaired) electrons. The highest BCUT2D eigenvalue weighted by Gasteiger charge is 2.07. The van der Waals surface area contributed by atoms with E-state index in [9.17, 15) is 4.79 Å². The van der Waals surface area contributed by atoms with Crippen molar-refractivity contribution in [3.8, 4) is 0 Å². The topological polar surface area (TPSA) is 84.2 Å². The van der Waals surface area contributed by atoms with E-state index >= 15 is 0 Å². The van der Waals surface area contributed by atoms with Gasteiger partial charge in [0.05, 0.1) is 6.54 Å². The lowest BCUT2D eigenvalue weighted by molar-refractivity contribution is -0.119. The number of amides is 1. The van der Waals surface area contributed by atoms with Crippen LogP contribution in [0.15, 0.2) is 12.4 Å². The number of nitrogens with zero attached hydrogens (tertiary/aromatic N) is 4. The van der Waals surface area contributed by atoms with Crippen molar-refractivity contribution in [1.82, 2.24) is 24.9 Å². The van der Waals surface area contributed by atoms with Crippen LogP contribution in [0.1, 0.15) is 19.5 Å². The van der Waals surface area contributed by atoms with Gasteiger partial charge >= 0.3 is 0 Å². The van der Waals surface area contributed by atoms with Gasteiger partial charge in [0.1, 0.15) is 12.1 Å². The Kier molecular flexibility index (Phi) is 3.40. The Bertz CT molecular complexity index is 562. The van der Waals surface area contributed by atoms with Crippen LogP contribution < -0.4 is 10.6 Å². The third kappa shape index (κ3) is 2.73. The Hall–Kier alpha value is -2.18. The molecule has 2 aromatic rings. The monoisotopic (exact) mass is 248 g/mol. The van der Waals surface area contributed by atoms with Gasteiger partial charge in [-0.15, -0.1) is 0 Å². The molecule has 0 fully saturated rings. The average molecular weight is 248 g/mol. The lowest BCUT2D eigenvalue weighted by Gasteiger charge is -2.11. The van der Waals surface area contributed by atoms with Gasteiger partial charge in [0.25, 0.3) is 5.78 Å². The van der Waals surface area contributed by atoms with Gasteiger partial charge in [0.15, 0.2) is 0 Å². The van der Waals surface area contributed by atoms with E-state index in [2.05, 4.69) is 25.7 Å². The lowest BCUT2D eigenvalue weighted by Crippen LogP contribution is -2.35. The van der Waals surface area contributed by atoms with Gasteiger partial charge in [-0.1, -0.05) is 0 Å². The zero-order valence-corrected chi connectivity index (χ0v) is 10.6. The predicted molar refractivity (Wildman–Crippen MR) is 67.3 cm³/mol. The first-order valence-electron chi connectivity index (χ1n) is 5.77. The summed E-state index contributed by atoms with van der Waals surface area (Å²) in [6, 6.07) is 1.95. The first kappa shape index (κ1) is 12.3. The molecule has 0 bridgehead atoms. The second-order valence-electron chi connectivity index (χ2n) is 4.33. The van der Waals surface area contributed by atoms with Crippen molar-refractivity contribution >= 4 is 17.5 Å². The number of fused-ring (bicyclic) bond motifs is 1. The van der Waals surface area contributed by atoms with Crippen molar-refractivity contribution in [2.24, 2.45) is 0 Å². The van der Waals surface area contributed by atoms with Crippen LogP contribution in [0, 0.1) is 6.92 Å². The van der Waals surface area contributed by atoms with E-state index in [0.29, 0.717) is 11.6 Å². The highest BCUT2D eigenvalue weighted by molar-refractivity contribution is 5.80. The number of carbonyl (C=O) groups is 1. The molecule has 0 saturated carbocycles. The molecule has 2 aromatic heterocycles. The number of nitrogens with one attached hydrogen (secondary N) is 2. The van der Waals surface area contributed by atoms with E-state index in [1.54, 1.807) is 4.52 Å². The fourth-order valence-electron chi connectivity index (χ4n) is 1.60. The molecular weight excluding hydrogens is 232 g/mol. The van der Waals surface area contributed by atoms with E-state index in [-0.39, 0.29) is 18.5 Å². The first-order chi connectivity index (χ1) is 8.56. The summed E-state index contributed by atoms with van der Waals surface area (Å²) in [5.41, 5.74) is 0.822. The van der Waals surface area contributed by atoms with E-state index in [0.717, 1.165) is 5.69 Å². The Labute approximate surface area is 105 Å². The molecule has 7 heteroatoms. The second-order valence-corrected chi connectivity index (χ2v) is 4.33. The summed E-state index contributed by atoms with van der Waals surface area (Å²) in [6.45, 7) is 5.90. The van der Waals surface area contributed by atoms with Crippen LogP contribution in [0.3, 0.4) is 0 Å². The highest BCUT2D eigenvalue weighted by Crippen LogP contribution is 2.09. The van der Waals surface area contributed by atoms with Gasteiger partial charge in [-0.2, -0.15) is 14.6 Å². The average Bonchev–Trinajstić information content (AvgIpc) is 2.72. The maximum Gasteiger partial charge on any atom is 0.254 e. The van der Waals surface area contributed by atoms with E-state index in [4.69, 9.17) is 0 Å². The van der Waals surface area contributed by atoms with E-state index in [1.807, 2.05) is 26.8 Å². The van der Waals surface area contributed by atoms with Crippen LogP contribution in [-0.2, 0) is 4.79 Å². The summed E-state index contributed by atoms with van der Waals surface area (Å²) >= 11 is 0. The summed E-state index contributed by atoms with van der Waals surface area (Å²) in [5.74, 6) is 1.16. The van der Waals surface area contributed by atoms with Crippen molar-refractivity contribution in [3.63, 3.8) is 0 Å². The van der Waals surface area contributed by atoms with Gasteiger partial charge < -0.3 is 10.6 Å². The molecule has 96 valence electrons. The minimum atomic E-state index is -0.0623. The van der Waals surface area contributed by atoms with E-state index < -0.39 is 0 Å². The van der Waals surface area contributed by atoms with Crippen LogP contribution in [-0.4, -0.2) is 38.1 Å². The number of hydrogen-bond donors (Lipinski definition) is 2. The fraction of sp³-hybridized carbons (Fsp3) is 0.455. The molecule has 2 rings (SSSR count). The third-order valence-electron chi connectivity index (χ3n) is 2.26. The third-order valence-corrected chi connectivity index (χ3v) is 2.26. The molecule has 7 nitrogen and oxygen atoms in total. The minimum absolute atomic E-state index is 0.0623. The Balaban J connectivity index is 2.11. The van der Waals surface area contributed by atoms with Crippen LogP contribution in [0.5, 0.6) is 0 Å². The Morgan fingerprint density at radius 1 is 1.50 bits per heavy atom. The van der Waals surface area contributed by atoms with Crippen molar-refractivity contribution in [2.75, 3.05) is 11.9 Å². The summed E-state index contributed by atoms with van der Waals surface area (Å²) in [4.78, 5) is 19.8. The Morgan fingerprint density at radius 2 is 2.28 bits per heavy atom. The molecule has 2 N–H and O–H groups in total. The number of aryl methyl sites for hydroxylation is 1. The van der Waals surface area contributed by atoms with Gasteiger partial charge in [-0.05, 0) is 20.8 Å². The largest absolute Gasteiger partial charge is 0.361 e. The first-order valence-corrected chi connectivity index (χ1v) is 5.77. The van der Waals surface area contributed by atoms with Crippen molar-refractivity contribution in [2.45, 2.75) is 26.8 Å². The zero-order chi connectivity index (χ0) is 13.1. The molecule has 0 unspecified atom stereocenters. The molecular formula is C11H16N6O. The van der Waals surface area contributed by atoms with Crippen molar-refractivity contribution < 1.29 is 4.79 Å². The number of carbonyl (C=O) groups excluding carboxylic acids is 1. The SMILES string of the molecule is Cc1cc(NCC(=O)NC(C)C)n2ncnc2n1. The molecule has 0 aliphatic rings. The summed E-state index contributed by atoms with van der Waals surface area (Å²) < 4.78 is 1.57. The standard InChI is InChI=1S/C11H16N6O/c1-7(2)15-10(18)5-12-9-4-8(3)16-11-13-6-14-17(9)11/h4,6-7,12H,5H2,1-3H3,(H,15,18). The van der Waals surface area contributed by atoms with Crippen LogP contribution >= 0.6 is 0 Å². The summed E-state index contributed by atoms with van der Waals surface area (Å²) in [5, 5.41) is 9.88. The second kappa shape index (κ2) is 4.99. The summed E-state index contributed by atoms with van der Waals surface area (Å²) in [7, 11) is 0. The number of anilines is 1. The van der Waals surface area contributed by atoms with Gasteiger partial charge in [-0.3, -0.25) is 4.79 Å². The van der Waals surface area contributed by atoms with Crippen molar-refractivity contribution in [1.29, 1.82) is 0 Å². The van der Waals surface area contributed by atoms with Crippen LogP contribution in [0.4, 0.5) is 5.82 Å². The predicted octanol–water partition coefficient (Wildman–Crippen LogP) is 0.369. The van der Waals surface area contributed by atoms with Gasteiger partial charge in [-0.25, -0.2) is 4.98 Å². The van der Waals surface area contributed by atoms with Crippen LogP contribution in [0.2, 0.25) is 0 Å². The van der Waals surface area contributed by atoms with Crippen LogP contribution in [0.25, 0.3) is 5.78 Å². The van der Waals surface area contributed by atoms with Gasteiger partial charge in [0, 0.05) is 17.8 Å². The molecule has 0 aliphatic heterocycles. The molecule has 0 spiro atoms. The molecule has 0 aromatic carbocycles. The molecule has 0 atom stereocenters. The molecule has 0 saturated heterocycles. The summed E-state index contributed by atoms with van der Waals surface area (Å²) in [6.07, 6.45) is 1.43. The number of hydrogen-bond acceptors (Lipinski definition) is 5. The number of aromatic nitrogens is 4. The zero-order valence-electron chi connectivity index (χ0n) is 10.6. The normalized spacial score (nSPS) is 10.9. The molecule has 2 heterocycles. The molecule has 0 aliphatic carbocycles. The minimum Gasteiger partial charge on any atom is -0.361 e. The highest BCUT2D eigenvalue weighted by atomic mass is 16.1. The van der Waals surface area contributed by atoms with Crippen molar-refractivity contribution in [3.05, 3.63) is 18.1 Å². The molecule has 1 amide bonds. The number of rotatable bonds is 4.